The summed E-state index contributed by atoms with van der Waals surface area (Å²) in [5, 5.41) is 11.6. The molecular weight excluding hydrogens is 424 g/mol. The van der Waals surface area contributed by atoms with Crippen molar-refractivity contribution in [2.45, 2.75) is 69.7 Å². The molecule has 1 amide bonds. The Balaban J connectivity index is 1.46. The minimum atomic E-state index is -1.13. The summed E-state index contributed by atoms with van der Waals surface area (Å²) >= 11 is 6.20. The molecule has 4 rings (SSSR count). The Kier molecular flexibility index (Phi) is 5.97. The van der Waals surface area contributed by atoms with Crippen LogP contribution in [0.1, 0.15) is 43.7 Å². The number of hydrogen-bond donors (Lipinski definition) is 1. The molecule has 31 heavy (non-hydrogen) atoms. The van der Waals surface area contributed by atoms with Crippen molar-refractivity contribution in [1.29, 1.82) is 0 Å². The fourth-order valence-electron chi connectivity index (χ4n) is 5.00. The highest BCUT2D eigenvalue weighted by Crippen LogP contribution is 2.43. The molecule has 4 nitrogen and oxygen atoms in total. The maximum atomic E-state index is 14.1. The number of ether oxygens (including phenoxy) is 1. The standard InChI is InChI=1S/C24H26ClF2NO3/c1-14-3-8-20(25)22(9-14)31-15(2)23(29)28-18-6-7-19(28)13-24(30,12-18)11-16-4-5-17(26)10-21(16)27/h3-5,8-10,15,18-19,30H,6-7,11-13H2,1-2H3/t15-,18+,19+/m1/s1. The van der Waals surface area contributed by atoms with E-state index in [9.17, 15) is 18.7 Å². The lowest BCUT2D eigenvalue weighted by atomic mass is 9.81. The number of hydrogen-bond acceptors (Lipinski definition) is 3. The Morgan fingerprint density at radius 1 is 1.23 bits per heavy atom. The lowest BCUT2D eigenvalue weighted by molar-refractivity contribution is -0.148. The third-order valence-electron chi connectivity index (χ3n) is 6.38. The van der Waals surface area contributed by atoms with Gasteiger partial charge in [0.25, 0.3) is 5.91 Å². The van der Waals surface area contributed by atoms with E-state index in [1.165, 1.54) is 12.1 Å². The lowest BCUT2D eigenvalue weighted by Crippen LogP contribution is -2.56. The zero-order valence-corrected chi connectivity index (χ0v) is 18.3. The molecular formula is C24H26ClF2NO3. The summed E-state index contributed by atoms with van der Waals surface area (Å²) in [5.74, 6) is -0.969. The molecule has 3 atom stereocenters. The van der Waals surface area contributed by atoms with Gasteiger partial charge in [-0.15, -0.1) is 0 Å². The molecule has 2 aromatic carbocycles. The normalized spacial score (nSPS) is 26.1. The van der Waals surface area contributed by atoms with E-state index >= 15 is 0 Å². The molecule has 166 valence electrons. The second kappa shape index (κ2) is 8.40. The topological polar surface area (TPSA) is 49.8 Å². The maximum absolute atomic E-state index is 14.1. The van der Waals surface area contributed by atoms with Crippen molar-refractivity contribution in [2.24, 2.45) is 0 Å². The summed E-state index contributed by atoms with van der Waals surface area (Å²) in [6, 6.07) is 8.54. The molecule has 0 saturated carbocycles. The predicted octanol–water partition coefficient (Wildman–Crippen LogP) is 4.82. The molecule has 2 heterocycles. The number of fused-ring (bicyclic) bond motifs is 2. The van der Waals surface area contributed by atoms with E-state index in [4.69, 9.17) is 16.3 Å². The number of benzene rings is 2. The van der Waals surface area contributed by atoms with Crippen molar-refractivity contribution >= 4 is 17.5 Å². The average molecular weight is 450 g/mol. The molecule has 0 aliphatic carbocycles. The van der Waals surface area contributed by atoms with Gasteiger partial charge < -0.3 is 14.7 Å². The van der Waals surface area contributed by atoms with Gasteiger partial charge in [-0.1, -0.05) is 23.7 Å². The molecule has 2 aliphatic rings. The van der Waals surface area contributed by atoms with Crippen LogP contribution in [-0.4, -0.2) is 39.7 Å². The molecule has 0 spiro atoms. The summed E-state index contributed by atoms with van der Waals surface area (Å²) in [7, 11) is 0. The third-order valence-corrected chi connectivity index (χ3v) is 6.69. The number of carbonyl (C=O) groups excluding carboxylic acids is 1. The maximum Gasteiger partial charge on any atom is 0.263 e. The molecule has 2 aliphatic heterocycles. The molecule has 0 radical (unpaired) electrons. The van der Waals surface area contributed by atoms with Gasteiger partial charge in [-0.25, -0.2) is 8.78 Å². The first kappa shape index (κ1) is 22.0. The van der Waals surface area contributed by atoms with E-state index in [0.717, 1.165) is 24.5 Å². The van der Waals surface area contributed by atoms with Gasteiger partial charge in [-0.05, 0) is 68.9 Å². The molecule has 2 saturated heterocycles. The fourth-order valence-corrected chi connectivity index (χ4v) is 5.16. The van der Waals surface area contributed by atoms with Gasteiger partial charge in [-0.2, -0.15) is 0 Å². The third kappa shape index (κ3) is 4.55. The van der Waals surface area contributed by atoms with Gasteiger partial charge in [-0.3, -0.25) is 4.79 Å². The first-order valence-corrected chi connectivity index (χ1v) is 10.9. The van der Waals surface area contributed by atoms with Crippen LogP contribution in [-0.2, 0) is 11.2 Å². The van der Waals surface area contributed by atoms with Crippen LogP contribution < -0.4 is 4.74 Å². The van der Waals surface area contributed by atoms with Gasteiger partial charge in [0.1, 0.15) is 17.4 Å². The van der Waals surface area contributed by atoms with Gasteiger partial charge in [0.05, 0.1) is 10.6 Å². The number of amides is 1. The largest absolute Gasteiger partial charge is 0.479 e. The van der Waals surface area contributed by atoms with Crippen LogP contribution in [0.2, 0.25) is 5.02 Å². The Bertz CT molecular complexity index is 985. The first-order chi connectivity index (χ1) is 14.6. The number of carbonyl (C=O) groups is 1. The Morgan fingerprint density at radius 3 is 2.55 bits per heavy atom. The van der Waals surface area contributed by atoms with Crippen molar-refractivity contribution in [3.8, 4) is 5.75 Å². The smallest absolute Gasteiger partial charge is 0.263 e. The van der Waals surface area contributed by atoms with Crippen molar-refractivity contribution in [3.63, 3.8) is 0 Å². The Hall–Kier alpha value is -2.18. The average Bonchev–Trinajstić information content (AvgIpc) is 2.98. The predicted molar refractivity (Wildman–Crippen MR) is 114 cm³/mol. The molecule has 0 unspecified atom stereocenters. The zero-order chi connectivity index (χ0) is 22.3. The number of piperidine rings is 1. The number of halogens is 3. The highest BCUT2D eigenvalue weighted by atomic mass is 35.5. The molecule has 0 aromatic heterocycles. The van der Waals surface area contributed by atoms with E-state index < -0.39 is 23.3 Å². The van der Waals surface area contributed by atoms with E-state index in [1.807, 2.05) is 17.9 Å². The molecule has 2 aromatic rings. The van der Waals surface area contributed by atoms with Crippen LogP contribution in [0.4, 0.5) is 8.78 Å². The molecule has 7 heteroatoms. The number of rotatable bonds is 5. The first-order valence-electron chi connectivity index (χ1n) is 10.6. The number of aliphatic hydroxyl groups is 1. The monoisotopic (exact) mass is 449 g/mol. The van der Waals surface area contributed by atoms with Crippen molar-refractivity contribution in [3.05, 3.63) is 64.2 Å². The summed E-state index contributed by atoms with van der Waals surface area (Å²) in [6.45, 7) is 3.63. The summed E-state index contributed by atoms with van der Waals surface area (Å²) in [4.78, 5) is 15.0. The van der Waals surface area contributed by atoms with Gasteiger partial charge in [0.15, 0.2) is 6.10 Å². The molecule has 2 fully saturated rings. The summed E-state index contributed by atoms with van der Waals surface area (Å²) < 4.78 is 33.2. The fraction of sp³-hybridized carbons (Fsp3) is 0.458. The van der Waals surface area contributed by atoms with Crippen molar-refractivity contribution < 1.29 is 23.4 Å². The second-order valence-electron chi connectivity index (χ2n) is 8.87. The van der Waals surface area contributed by atoms with Crippen molar-refractivity contribution in [1.82, 2.24) is 4.90 Å². The quantitative estimate of drug-likeness (QED) is 0.711. The lowest BCUT2D eigenvalue weighted by Gasteiger charge is -2.44. The van der Waals surface area contributed by atoms with Crippen LogP contribution >= 0.6 is 11.6 Å². The minimum Gasteiger partial charge on any atom is -0.479 e. The number of aryl methyl sites for hydroxylation is 1. The van der Waals surface area contributed by atoms with Crippen LogP contribution in [0.15, 0.2) is 36.4 Å². The van der Waals surface area contributed by atoms with Gasteiger partial charge in [0, 0.05) is 24.6 Å². The highest BCUT2D eigenvalue weighted by Gasteiger charge is 2.50. The Morgan fingerprint density at radius 2 is 1.90 bits per heavy atom. The van der Waals surface area contributed by atoms with Gasteiger partial charge >= 0.3 is 0 Å². The van der Waals surface area contributed by atoms with Crippen LogP contribution in [0.3, 0.4) is 0 Å². The minimum absolute atomic E-state index is 0.0963. The van der Waals surface area contributed by atoms with Crippen LogP contribution in [0.25, 0.3) is 0 Å². The summed E-state index contributed by atoms with van der Waals surface area (Å²) in [5.41, 5.74) is 0.134. The van der Waals surface area contributed by atoms with Crippen LogP contribution in [0.5, 0.6) is 5.75 Å². The highest BCUT2D eigenvalue weighted by molar-refractivity contribution is 6.32. The molecule has 1 N–H and O–H groups in total. The van der Waals surface area contributed by atoms with Crippen molar-refractivity contribution in [2.75, 3.05) is 0 Å². The van der Waals surface area contributed by atoms with E-state index in [0.29, 0.717) is 23.6 Å². The Labute approximate surface area is 185 Å². The second-order valence-corrected chi connectivity index (χ2v) is 9.28. The van der Waals surface area contributed by atoms with Crippen LogP contribution in [0, 0.1) is 18.6 Å². The van der Waals surface area contributed by atoms with E-state index in [1.54, 1.807) is 19.1 Å². The van der Waals surface area contributed by atoms with Gasteiger partial charge in [0.2, 0.25) is 0 Å². The molecule has 2 bridgehead atoms. The SMILES string of the molecule is Cc1ccc(Cl)c(O[C@H](C)C(=O)N2[C@H]3CC[C@H]2CC(O)(Cc2ccc(F)cc2F)C3)c1. The summed E-state index contributed by atoms with van der Waals surface area (Å²) in [6.07, 6.45) is 1.64. The number of nitrogens with zero attached hydrogens (tertiary/aromatic N) is 1. The van der Waals surface area contributed by atoms with E-state index in [2.05, 4.69) is 0 Å². The zero-order valence-electron chi connectivity index (χ0n) is 17.6. The van der Waals surface area contributed by atoms with E-state index in [-0.39, 0.29) is 30.0 Å².